The number of benzene rings is 2. The highest BCUT2D eigenvalue weighted by Gasteiger charge is 2.22. The maximum Gasteiger partial charge on any atom is 0.387 e. The lowest BCUT2D eigenvalue weighted by atomic mass is 9.77. The molecule has 3 heteroatoms. The molecule has 0 unspecified atom stereocenters. The average molecular weight is 370 g/mol. The van der Waals surface area contributed by atoms with Crippen molar-refractivity contribution in [3.05, 3.63) is 60.2 Å². The second-order valence-electron chi connectivity index (χ2n) is 7.41. The van der Waals surface area contributed by atoms with E-state index < -0.39 is 6.61 Å². The van der Waals surface area contributed by atoms with Crippen molar-refractivity contribution in [2.75, 3.05) is 0 Å². The Hall–Kier alpha value is -2.16. The molecule has 0 bridgehead atoms. The largest absolute Gasteiger partial charge is 0.434 e. The molecule has 0 saturated heterocycles. The average Bonchev–Trinajstić information content (AvgIpc) is 2.68. The minimum absolute atomic E-state index is 0.219. The number of alkyl halides is 2. The third-order valence-electron chi connectivity index (χ3n) is 5.75. The van der Waals surface area contributed by atoms with E-state index in [2.05, 4.69) is 37.8 Å². The third-order valence-corrected chi connectivity index (χ3v) is 5.75. The molecule has 0 radical (unpaired) electrons. The molecule has 2 aromatic rings. The summed E-state index contributed by atoms with van der Waals surface area (Å²) in [6, 6.07) is 9.92. The van der Waals surface area contributed by atoms with Crippen LogP contribution < -0.4 is 4.74 Å². The van der Waals surface area contributed by atoms with Crippen LogP contribution in [0, 0.1) is 5.92 Å². The molecule has 0 spiro atoms. The van der Waals surface area contributed by atoms with E-state index in [1.807, 2.05) is 12.1 Å². The smallest absolute Gasteiger partial charge is 0.387 e. The molecule has 1 aliphatic carbocycles. The molecular weight excluding hydrogens is 342 g/mol. The fraction of sp³-hybridized carbons (Fsp3) is 0.417. The minimum atomic E-state index is -2.84. The van der Waals surface area contributed by atoms with Gasteiger partial charge in [0.1, 0.15) is 5.75 Å². The van der Waals surface area contributed by atoms with Crippen LogP contribution in [0.25, 0.3) is 16.8 Å². The summed E-state index contributed by atoms with van der Waals surface area (Å²) in [6.07, 6.45) is 13.4. The van der Waals surface area contributed by atoms with Crippen molar-refractivity contribution in [1.29, 1.82) is 0 Å². The van der Waals surface area contributed by atoms with Crippen LogP contribution in [0.2, 0.25) is 0 Å². The third kappa shape index (κ3) is 4.77. The van der Waals surface area contributed by atoms with Gasteiger partial charge in [0.15, 0.2) is 0 Å². The Labute approximate surface area is 160 Å². The number of fused-ring (bicyclic) bond motifs is 1. The Balaban J connectivity index is 1.76. The van der Waals surface area contributed by atoms with E-state index in [1.165, 1.54) is 44.1 Å². The van der Waals surface area contributed by atoms with Crippen molar-refractivity contribution in [2.24, 2.45) is 5.92 Å². The highest BCUT2D eigenvalue weighted by atomic mass is 19.3. The van der Waals surface area contributed by atoms with Crippen LogP contribution in [0.4, 0.5) is 8.78 Å². The van der Waals surface area contributed by atoms with Gasteiger partial charge in [-0.3, -0.25) is 0 Å². The second kappa shape index (κ2) is 9.16. The fourth-order valence-corrected chi connectivity index (χ4v) is 4.25. The highest BCUT2D eigenvalue weighted by molar-refractivity contribution is 5.92. The molecule has 27 heavy (non-hydrogen) atoms. The van der Waals surface area contributed by atoms with E-state index in [4.69, 9.17) is 4.74 Å². The first-order valence-corrected chi connectivity index (χ1v) is 9.87. The summed E-state index contributed by atoms with van der Waals surface area (Å²) in [5, 5.41) is 1.67. The molecule has 1 saturated carbocycles. The second-order valence-corrected chi connectivity index (χ2v) is 7.41. The van der Waals surface area contributed by atoms with E-state index in [0.717, 1.165) is 16.7 Å². The van der Waals surface area contributed by atoms with E-state index in [9.17, 15) is 8.78 Å². The highest BCUT2D eigenvalue weighted by Crippen LogP contribution is 2.40. The quantitative estimate of drug-likeness (QED) is 0.453. The lowest BCUT2D eigenvalue weighted by Crippen LogP contribution is -2.13. The zero-order valence-corrected chi connectivity index (χ0v) is 16.0. The summed E-state index contributed by atoms with van der Waals surface area (Å²) in [7, 11) is 0. The first kappa shape index (κ1) is 19.6. The molecule has 0 aliphatic heterocycles. The van der Waals surface area contributed by atoms with Gasteiger partial charge in [0.25, 0.3) is 0 Å². The molecule has 0 N–H and O–H groups in total. The SMILES string of the molecule is C=Cc1ccc2cc(C3CCC(CC/C=C/C)CC3)ccc2c1OC(F)F. The van der Waals surface area contributed by atoms with Gasteiger partial charge in [0.2, 0.25) is 0 Å². The monoisotopic (exact) mass is 370 g/mol. The predicted molar refractivity (Wildman–Crippen MR) is 109 cm³/mol. The summed E-state index contributed by atoms with van der Waals surface area (Å²) >= 11 is 0. The molecule has 0 heterocycles. The molecule has 3 rings (SSSR count). The van der Waals surface area contributed by atoms with Crippen LogP contribution in [0.3, 0.4) is 0 Å². The molecule has 1 aliphatic rings. The minimum Gasteiger partial charge on any atom is -0.434 e. The zero-order valence-electron chi connectivity index (χ0n) is 16.0. The van der Waals surface area contributed by atoms with E-state index in [1.54, 1.807) is 12.1 Å². The van der Waals surface area contributed by atoms with Crippen LogP contribution >= 0.6 is 0 Å². The van der Waals surface area contributed by atoms with Crippen LogP contribution in [0.5, 0.6) is 5.75 Å². The van der Waals surface area contributed by atoms with Crippen molar-refractivity contribution in [3.8, 4) is 5.75 Å². The van der Waals surface area contributed by atoms with Gasteiger partial charge in [-0.15, -0.1) is 0 Å². The first-order valence-electron chi connectivity index (χ1n) is 9.87. The molecular formula is C24H28F2O. The van der Waals surface area contributed by atoms with Gasteiger partial charge >= 0.3 is 6.61 Å². The number of allylic oxidation sites excluding steroid dienone is 2. The van der Waals surface area contributed by atoms with Crippen LogP contribution in [0.15, 0.2) is 49.1 Å². The van der Waals surface area contributed by atoms with Gasteiger partial charge < -0.3 is 4.74 Å². The maximum atomic E-state index is 12.8. The number of hydrogen-bond acceptors (Lipinski definition) is 1. The van der Waals surface area contributed by atoms with E-state index in [0.29, 0.717) is 11.5 Å². The van der Waals surface area contributed by atoms with Gasteiger partial charge in [-0.1, -0.05) is 55.1 Å². The lowest BCUT2D eigenvalue weighted by molar-refractivity contribution is -0.0489. The molecule has 144 valence electrons. The molecule has 1 fully saturated rings. The van der Waals surface area contributed by atoms with Gasteiger partial charge in [0.05, 0.1) is 0 Å². The molecule has 0 atom stereocenters. The van der Waals surface area contributed by atoms with Gasteiger partial charge in [-0.2, -0.15) is 8.78 Å². The van der Waals surface area contributed by atoms with Gasteiger partial charge in [0, 0.05) is 10.9 Å². The standard InChI is InChI=1S/C24H28F2O/c1-3-5-6-7-17-8-10-19(11-9-17)20-14-15-22-21(16-20)13-12-18(4-2)23(22)27-24(25)26/h3-5,12-17,19,24H,2,6-11H2,1H3/b5-3+. The Bertz CT molecular complexity index is 801. The van der Waals surface area contributed by atoms with Crippen molar-refractivity contribution >= 4 is 16.8 Å². The molecule has 1 nitrogen and oxygen atoms in total. The Morgan fingerprint density at radius 1 is 1.15 bits per heavy atom. The number of ether oxygens (including phenoxy) is 1. The van der Waals surface area contributed by atoms with Crippen molar-refractivity contribution < 1.29 is 13.5 Å². The number of halogens is 2. The molecule has 0 aromatic heterocycles. The number of hydrogen-bond donors (Lipinski definition) is 0. The molecule has 0 amide bonds. The number of rotatable bonds is 7. The van der Waals surface area contributed by atoms with Gasteiger partial charge in [-0.25, -0.2) is 0 Å². The van der Waals surface area contributed by atoms with Gasteiger partial charge in [-0.05, 0) is 68.2 Å². The zero-order chi connectivity index (χ0) is 19.2. The Morgan fingerprint density at radius 2 is 1.93 bits per heavy atom. The maximum absolute atomic E-state index is 12.8. The summed E-state index contributed by atoms with van der Waals surface area (Å²) in [5.74, 6) is 1.61. The predicted octanol–water partition coefficient (Wildman–Crippen LogP) is 7.71. The summed E-state index contributed by atoms with van der Waals surface area (Å²) in [5.41, 5.74) is 1.90. The van der Waals surface area contributed by atoms with Crippen LogP contribution in [-0.4, -0.2) is 6.61 Å². The van der Waals surface area contributed by atoms with Crippen LogP contribution in [-0.2, 0) is 0 Å². The van der Waals surface area contributed by atoms with E-state index >= 15 is 0 Å². The Morgan fingerprint density at radius 3 is 2.59 bits per heavy atom. The van der Waals surface area contributed by atoms with Crippen molar-refractivity contribution in [3.63, 3.8) is 0 Å². The topological polar surface area (TPSA) is 9.23 Å². The Kier molecular flexibility index (Phi) is 6.65. The lowest BCUT2D eigenvalue weighted by Gasteiger charge is -2.29. The van der Waals surface area contributed by atoms with Crippen molar-refractivity contribution in [2.45, 2.75) is 58.0 Å². The first-order chi connectivity index (χ1) is 13.1. The fourth-order valence-electron chi connectivity index (χ4n) is 4.25. The van der Waals surface area contributed by atoms with E-state index in [-0.39, 0.29) is 5.75 Å². The summed E-state index contributed by atoms with van der Waals surface area (Å²) < 4.78 is 30.4. The summed E-state index contributed by atoms with van der Waals surface area (Å²) in [4.78, 5) is 0. The summed E-state index contributed by atoms with van der Waals surface area (Å²) in [6.45, 7) is 2.94. The van der Waals surface area contributed by atoms with Crippen LogP contribution in [0.1, 0.15) is 62.5 Å². The normalized spacial score (nSPS) is 20.4. The van der Waals surface area contributed by atoms with Crippen molar-refractivity contribution in [1.82, 2.24) is 0 Å². The molecule has 2 aromatic carbocycles.